The maximum Gasteiger partial charge on any atom is 0.183 e. The highest BCUT2D eigenvalue weighted by atomic mass is 15.2. The molecule has 18 heavy (non-hydrogen) atoms. The molecule has 1 aromatic heterocycles. The Morgan fingerprint density at radius 1 is 1.17 bits per heavy atom. The van der Waals surface area contributed by atoms with Gasteiger partial charge in [-0.2, -0.15) is 5.10 Å². The minimum Gasteiger partial charge on any atom is -0.372 e. The van der Waals surface area contributed by atoms with Crippen LogP contribution >= 0.6 is 0 Å². The van der Waals surface area contributed by atoms with Crippen molar-refractivity contribution in [3.63, 3.8) is 0 Å². The van der Waals surface area contributed by atoms with Gasteiger partial charge in [0, 0.05) is 12.6 Å². The van der Waals surface area contributed by atoms with Crippen molar-refractivity contribution >= 4 is 5.82 Å². The van der Waals surface area contributed by atoms with E-state index in [0.29, 0.717) is 11.7 Å². The van der Waals surface area contributed by atoms with Gasteiger partial charge in [0.15, 0.2) is 5.82 Å². The van der Waals surface area contributed by atoms with Crippen molar-refractivity contribution in [1.82, 2.24) is 15.2 Å². The predicted octanol–water partition coefficient (Wildman–Crippen LogP) is 2.78. The Balaban J connectivity index is 2.22. The molecule has 1 heterocycles. The number of anilines is 1. The molecule has 0 amide bonds. The molecule has 0 unspecified atom stereocenters. The van der Waals surface area contributed by atoms with Crippen molar-refractivity contribution in [1.29, 1.82) is 0 Å². The van der Waals surface area contributed by atoms with Crippen LogP contribution in [0.1, 0.15) is 19.4 Å². The smallest absolute Gasteiger partial charge is 0.183 e. The summed E-state index contributed by atoms with van der Waals surface area (Å²) in [6, 6.07) is 8.36. The van der Waals surface area contributed by atoms with Gasteiger partial charge < -0.3 is 5.32 Å². The molecule has 1 aromatic carbocycles. The van der Waals surface area contributed by atoms with E-state index in [1.807, 2.05) is 19.2 Å². The summed E-state index contributed by atoms with van der Waals surface area (Å²) in [7, 11) is 1.82. The van der Waals surface area contributed by atoms with Gasteiger partial charge in [-0.1, -0.05) is 38.1 Å². The van der Waals surface area contributed by atoms with Crippen LogP contribution in [-0.2, 0) is 6.42 Å². The molecule has 0 radical (unpaired) electrons. The Morgan fingerprint density at radius 3 is 2.50 bits per heavy atom. The lowest BCUT2D eigenvalue weighted by molar-refractivity contribution is 0.647. The van der Waals surface area contributed by atoms with Gasteiger partial charge in [-0.25, -0.2) is 4.98 Å². The Labute approximate surface area is 107 Å². The van der Waals surface area contributed by atoms with Crippen LogP contribution in [0.4, 0.5) is 5.82 Å². The average Bonchev–Trinajstić information content (AvgIpc) is 2.39. The fraction of sp³-hybridized carbons (Fsp3) is 0.357. The van der Waals surface area contributed by atoms with Gasteiger partial charge in [-0.15, -0.1) is 5.10 Å². The molecule has 0 aliphatic rings. The number of hydrogen-bond acceptors (Lipinski definition) is 4. The van der Waals surface area contributed by atoms with Crippen LogP contribution in [0.15, 0.2) is 30.5 Å². The third kappa shape index (κ3) is 3.03. The molecule has 0 saturated carbocycles. The molecule has 0 aliphatic heterocycles. The second-order valence-corrected chi connectivity index (χ2v) is 4.71. The van der Waals surface area contributed by atoms with E-state index in [2.05, 4.69) is 46.5 Å². The van der Waals surface area contributed by atoms with Crippen molar-refractivity contribution in [2.24, 2.45) is 5.92 Å². The van der Waals surface area contributed by atoms with Crippen molar-refractivity contribution in [2.75, 3.05) is 12.4 Å². The van der Waals surface area contributed by atoms with Crippen LogP contribution in [0, 0.1) is 5.92 Å². The maximum atomic E-state index is 4.37. The lowest BCUT2D eigenvalue weighted by Gasteiger charge is -2.06. The van der Waals surface area contributed by atoms with Gasteiger partial charge in [0.1, 0.15) is 5.82 Å². The van der Waals surface area contributed by atoms with Gasteiger partial charge in [0.25, 0.3) is 0 Å². The molecule has 0 aliphatic carbocycles. The highest BCUT2D eigenvalue weighted by molar-refractivity contribution is 5.56. The van der Waals surface area contributed by atoms with Crippen LogP contribution in [0.25, 0.3) is 11.4 Å². The topological polar surface area (TPSA) is 50.7 Å². The summed E-state index contributed by atoms with van der Waals surface area (Å²) in [5, 5.41) is 10.9. The Hall–Kier alpha value is -1.97. The zero-order valence-electron chi connectivity index (χ0n) is 11.0. The van der Waals surface area contributed by atoms with E-state index in [4.69, 9.17) is 0 Å². The molecular weight excluding hydrogens is 224 g/mol. The van der Waals surface area contributed by atoms with Gasteiger partial charge in [0.2, 0.25) is 0 Å². The summed E-state index contributed by atoms with van der Waals surface area (Å²) >= 11 is 0. The monoisotopic (exact) mass is 242 g/mol. The van der Waals surface area contributed by atoms with Crippen molar-refractivity contribution < 1.29 is 0 Å². The lowest BCUT2D eigenvalue weighted by Crippen LogP contribution is -1.99. The number of hydrogen-bond donors (Lipinski definition) is 1. The van der Waals surface area contributed by atoms with E-state index >= 15 is 0 Å². The molecule has 2 aromatic rings. The zero-order chi connectivity index (χ0) is 13.0. The van der Waals surface area contributed by atoms with E-state index in [-0.39, 0.29) is 0 Å². The first-order valence-electron chi connectivity index (χ1n) is 6.16. The third-order valence-corrected chi connectivity index (χ3v) is 2.67. The Bertz CT molecular complexity index is 505. The molecule has 94 valence electrons. The zero-order valence-corrected chi connectivity index (χ0v) is 11.0. The van der Waals surface area contributed by atoms with Crippen molar-refractivity contribution in [2.45, 2.75) is 20.3 Å². The van der Waals surface area contributed by atoms with Crippen LogP contribution in [0.2, 0.25) is 0 Å². The molecule has 2 rings (SSSR count). The van der Waals surface area contributed by atoms with E-state index in [9.17, 15) is 0 Å². The number of benzene rings is 1. The first-order valence-corrected chi connectivity index (χ1v) is 6.16. The standard InChI is InChI=1S/C14H18N4/c1-10(2)8-11-4-6-12(7-5-11)14-17-13(15-3)9-16-18-14/h4-7,9-10H,8H2,1-3H3,(H,15,17,18). The quantitative estimate of drug-likeness (QED) is 0.895. The average molecular weight is 242 g/mol. The third-order valence-electron chi connectivity index (χ3n) is 2.67. The van der Waals surface area contributed by atoms with E-state index in [0.717, 1.165) is 17.8 Å². The fourth-order valence-electron chi connectivity index (χ4n) is 1.81. The van der Waals surface area contributed by atoms with E-state index in [1.165, 1.54) is 5.56 Å². The molecule has 4 heteroatoms. The maximum absolute atomic E-state index is 4.37. The molecule has 0 bridgehead atoms. The van der Waals surface area contributed by atoms with E-state index < -0.39 is 0 Å². The van der Waals surface area contributed by atoms with Crippen LogP contribution in [-0.4, -0.2) is 22.2 Å². The minimum atomic E-state index is 0.651. The number of rotatable bonds is 4. The second-order valence-electron chi connectivity index (χ2n) is 4.71. The summed E-state index contributed by atoms with van der Waals surface area (Å²) in [5.41, 5.74) is 2.33. The van der Waals surface area contributed by atoms with Gasteiger partial charge in [0.05, 0.1) is 6.20 Å². The summed E-state index contributed by atoms with van der Waals surface area (Å²) in [6.07, 6.45) is 2.70. The fourth-order valence-corrected chi connectivity index (χ4v) is 1.81. The number of aromatic nitrogens is 3. The van der Waals surface area contributed by atoms with Gasteiger partial charge in [-0.3, -0.25) is 0 Å². The molecule has 0 fully saturated rings. The highest BCUT2D eigenvalue weighted by Crippen LogP contribution is 2.17. The number of nitrogens with one attached hydrogen (secondary N) is 1. The molecule has 0 saturated heterocycles. The second kappa shape index (κ2) is 5.58. The lowest BCUT2D eigenvalue weighted by atomic mass is 10.0. The van der Waals surface area contributed by atoms with Crippen molar-refractivity contribution in [3.8, 4) is 11.4 Å². The highest BCUT2D eigenvalue weighted by Gasteiger charge is 2.04. The summed E-state index contributed by atoms with van der Waals surface area (Å²) in [4.78, 5) is 4.37. The SMILES string of the molecule is CNc1cnnc(-c2ccc(CC(C)C)cc2)n1. The predicted molar refractivity (Wildman–Crippen MR) is 73.4 cm³/mol. The molecule has 1 N–H and O–H groups in total. The Morgan fingerprint density at radius 2 is 1.89 bits per heavy atom. The summed E-state index contributed by atoms with van der Waals surface area (Å²) in [6.45, 7) is 4.44. The van der Waals surface area contributed by atoms with Gasteiger partial charge in [-0.05, 0) is 17.9 Å². The minimum absolute atomic E-state index is 0.651. The van der Waals surface area contributed by atoms with E-state index in [1.54, 1.807) is 6.20 Å². The normalized spacial score (nSPS) is 10.7. The van der Waals surface area contributed by atoms with Crippen LogP contribution < -0.4 is 5.32 Å². The number of nitrogens with zero attached hydrogens (tertiary/aromatic N) is 3. The van der Waals surface area contributed by atoms with Gasteiger partial charge >= 0.3 is 0 Å². The summed E-state index contributed by atoms with van der Waals surface area (Å²) in [5.74, 6) is 2.05. The first-order chi connectivity index (χ1) is 8.69. The van der Waals surface area contributed by atoms with Crippen LogP contribution in [0.3, 0.4) is 0 Å². The van der Waals surface area contributed by atoms with Crippen LogP contribution in [0.5, 0.6) is 0 Å². The largest absolute Gasteiger partial charge is 0.372 e. The molecule has 0 spiro atoms. The summed E-state index contributed by atoms with van der Waals surface area (Å²) < 4.78 is 0. The molecule has 4 nitrogen and oxygen atoms in total. The molecule has 0 atom stereocenters. The Kier molecular flexibility index (Phi) is 3.87. The first kappa shape index (κ1) is 12.5. The van der Waals surface area contributed by atoms with Crippen molar-refractivity contribution in [3.05, 3.63) is 36.0 Å². The molecular formula is C14H18N4.